The lowest BCUT2D eigenvalue weighted by Gasteiger charge is -2.41. The highest BCUT2D eigenvalue weighted by Crippen LogP contribution is 2.39. The zero-order valence-electron chi connectivity index (χ0n) is 15.3. The number of hydrogen-bond donors (Lipinski definition) is 0. The summed E-state index contributed by atoms with van der Waals surface area (Å²) in [6.07, 6.45) is 2.16. The number of allylic oxidation sites excluding steroid dienone is 1. The van der Waals surface area contributed by atoms with Gasteiger partial charge in [-0.25, -0.2) is 9.97 Å². The molecule has 2 heterocycles. The molecule has 2 aromatic rings. The second-order valence-corrected chi connectivity index (χ2v) is 7.89. The Morgan fingerprint density at radius 3 is 2.44 bits per heavy atom. The van der Waals surface area contributed by atoms with Crippen molar-refractivity contribution in [3.05, 3.63) is 53.4 Å². The largest absolute Gasteiger partial charge is 0.302 e. The summed E-state index contributed by atoms with van der Waals surface area (Å²) in [5.41, 5.74) is 4.77. The quantitative estimate of drug-likeness (QED) is 0.605. The SMILES string of the molecule is CC1=CC(C)(C)N(C(=O)CSc2nc(C)cc(C)n2)c2ccccc21. The number of anilines is 1. The summed E-state index contributed by atoms with van der Waals surface area (Å²) in [5.74, 6) is 0.377. The number of rotatable bonds is 3. The summed E-state index contributed by atoms with van der Waals surface area (Å²) in [6.45, 7) is 10.1. The molecule has 1 amide bonds. The van der Waals surface area contributed by atoms with Crippen molar-refractivity contribution < 1.29 is 4.79 Å². The number of nitrogens with zero attached hydrogens (tertiary/aromatic N) is 3. The van der Waals surface area contributed by atoms with Crippen molar-refractivity contribution >= 4 is 28.9 Å². The fraction of sp³-hybridized carbons (Fsp3) is 0.350. The maximum atomic E-state index is 13.0. The van der Waals surface area contributed by atoms with E-state index in [0.29, 0.717) is 10.9 Å². The Kier molecular flexibility index (Phi) is 4.69. The highest BCUT2D eigenvalue weighted by molar-refractivity contribution is 7.99. The van der Waals surface area contributed by atoms with Gasteiger partial charge in [0.1, 0.15) is 0 Å². The molecule has 3 rings (SSSR count). The summed E-state index contributed by atoms with van der Waals surface area (Å²) >= 11 is 1.39. The number of amides is 1. The van der Waals surface area contributed by atoms with E-state index >= 15 is 0 Å². The van der Waals surface area contributed by atoms with E-state index < -0.39 is 0 Å². The zero-order valence-corrected chi connectivity index (χ0v) is 16.1. The third kappa shape index (κ3) is 3.61. The Hall–Kier alpha value is -2.14. The first-order chi connectivity index (χ1) is 11.8. The van der Waals surface area contributed by atoms with Crippen LogP contribution in [0.4, 0.5) is 5.69 Å². The minimum atomic E-state index is -0.362. The highest BCUT2D eigenvalue weighted by Gasteiger charge is 2.35. The second kappa shape index (κ2) is 6.64. The molecular weight excluding hydrogens is 330 g/mol. The molecule has 0 saturated heterocycles. The highest BCUT2D eigenvalue weighted by atomic mass is 32.2. The molecule has 0 N–H and O–H groups in total. The molecule has 25 heavy (non-hydrogen) atoms. The molecular formula is C20H23N3OS. The van der Waals surface area contributed by atoms with Gasteiger partial charge in [-0.2, -0.15) is 0 Å². The Balaban J connectivity index is 1.86. The summed E-state index contributed by atoms with van der Waals surface area (Å²) in [7, 11) is 0. The summed E-state index contributed by atoms with van der Waals surface area (Å²) in [4.78, 5) is 23.8. The zero-order chi connectivity index (χ0) is 18.2. The Bertz CT molecular complexity index is 838. The predicted octanol–water partition coefficient (Wildman–Crippen LogP) is 4.41. The number of carbonyl (C=O) groups excluding carboxylic acids is 1. The normalized spacial score (nSPS) is 15.6. The standard InChI is InChI=1S/C20H23N3OS/c1-13-11-20(4,5)23(17-9-7-6-8-16(13)17)18(24)12-25-19-21-14(2)10-15(3)22-19/h6-11H,12H2,1-5H3. The van der Waals surface area contributed by atoms with Crippen LogP contribution < -0.4 is 4.90 Å². The van der Waals surface area contributed by atoms with Crippen molar-refractivity contribution in [3.63, 3.8) is 0 Å². The minimum Gasteiger partial charge on any atom is -0.302 e. The molecule has 0 spiro atoms. The average molecular weight is 353 g/mol. The fourth-order valence-electron chi connectivity index (χ4n) is 3.39. The topological polar surface area (TPSA) is 46.1 Å². The third-order valence-electron chi connectivity index (χ3n) is 4.25. The molecule has 1 aromatic heterocycles. The molecule has 130 valence electrons. The van der Waals surface area contributed by atoms with E-state index in [0.717, 1.165) is 22.6 Å². The number of aryl methyl sites for hydroxylation is 2. The molecule has 0 atom stereocenters. The van der Waals surface area contributed by atoms with Gasteiger partial charge in [-0.05, 0) is 52.3 Å². The number of hydrogen-bond acceptors (Lipinski definition) is 4. The van der Waals surface area contributed by atoms with Gasteiger partial charge in [0.25, 0.3) is 0 Å². The molecule has 0 unspecified atom stereocenters. The van der Waals surface area contributed by atoms with Crippen molar-refractivity contribution in [2.45, 2.75) is 45.3 Å². The van der Waals surface area contributed by atoms with Gasteiger partial charge in [-0.15, -0.1) is 0 Å². The van der Waals surface area contributed by atoms with Crippen LogP contribution in [0, 0.1) is 13.8 Å². The number of thioether (sulfide) groups is 1. The van der Waals surface area contributed by atoms with Crippen molar-refractivity contribution in [2.24, 2.45) is 0 Å². The number of fused-ring (bicyclic) bond motifs is 1. The van der Waals surface area contributed by atoms with E-state index in [2.05, 4.69) is 42.9 Å². The van der Waals surface area contributed by atoms with E-state index in [4.69, 9.17) is 0 Å². The third-order valence-corrected chi connectivity index (χ3v) is 5.08. The van der Waals surface area contributed by atoms with E-state index in [1.165, 1.54) is 17.3 Å². The molecule has 1 aromatic carbocycles. The number of aromatic nitrogens is 2. The minimum absolute atomic E-state index is 0.0639. The molecule has 5 heteroatoms. The van der Waals surface area contributed by atoms with Crippen LogP contribution in [0.2, 0.25) is 0 Å². The maximum Gasteiger partial charge on any atom is 0.238 e. The lowest BCUT2D eigenvalue weighted by molar-refractivity contribution is -0.116. The van der Waals surface area contributed by atoms with Gasteiger partial charge in [0, 0.05) is 17.0 Å². The molecule has 1 aliphatic rings. The fourth-order valence-corrected chi connectivity index (χ4v) is 4.19. The van der Waals surface area contributed by atoms with Crippen LogP contribution in [0.5, 0.6) is 0 Å². The van der Waals surface area contributed by atoms with Gasteiger partial charge in [0.15, 0.2) is 5.16 Å². The molecule has 0 fully saturated rings. The van der Waals surface area contributed by atoms with Crippen LogP contribution in [0.15, 0.2) is 41.6 Å². The van der Waals surface area contributed by atoms with Crippen LogP contribution in [-0.2, 0) is 4.79 Å². The second-order valence-electron chi connectivity index (χ2n) is 6.95. The molecule has 0 aliphatic carbocycles. The van der Waals surface area contributed by atoms with Gasteiger partial charge in [-0.3, -0.25) is 4.79 Å². The Labute approximate surface area is 153 Å². The van der Waals surface area contributed by atoms with Gasteiger partial charge >= 0.3 is 0 Å². The monoisotopic (exact) mass is 353 g/mol. The van der Waals surface area contributed by atoms with Crippen molar-refractivity contribution in [2.75, 3.05) is 10.7 Å². The first-order valence-corrected chi connectivity index (χ1v) is 9.33. The first kappa shape index (κ1) is 17.7. The van der Waals surface area contributed by atoms with E-state index in [9.17, 15) is 4.79 Å². The summed E-state index contributed by atoms with van der Waals surface area (Å²) in [5, 5.41) is 0.653. The number of carbonyl (C=O) groups is 1. The molecule has 0 saturated carbocycles. The number of benzene rings is 1. The van der Waals surface area contributed by atoms with Gasteiger partial charge in [0.2, 0.25) is 5.91 Å². The number of para-hydroxylation sites is 1. The summed E-state index contributed by atoms with van der Waals surface area (Å²) in [6, 6.07) is 10.0. The van der Waals surface area contributed by atoms with Crippen LogP contribution in [0.1, 0.15) is 37.7 Å². The van der Waals surface area contributed by atoms with Crippen LogP contribution in [0.25, 0.3) is 5.57 Å². The lowest BCUT2D eigenvalue weighted by atomic mass is 9.89. The molecule has 0 radical (unpaired) electrons. The van der Waals surface area contributed by atoms with Crippen LogP contribution >= 0.6 is 11.8 Å². The van der Waals surface area contributed by atoms with E-state index in [-0.39, 0.29) is 11.4 Å². The van der Waals surface area contributed by atoms with Gasteiger partial charge in [0.05, 0.1) is 17.0 Å². The first-order valence-electron chi connectivity index (χ1n) is 8.35. The smallest absolute Gasteiger partial charge is 0.238 e. The van der Waals surface area contributed by atoms with Crippen LogP contribution in [0.3, 0.4) is 0 Å². The average Bonchev–Trinajstić information content (AvgIpc) is 2.51. The molecule has 0 bridgehead atoms. The molecule has 4 nitrogen and oxygen atoms in total. The van der Waals surface area contributed by atoms with Crippen molar-refractivity contribution in [1.29, 1.82) is 0 Å². The van der Waals surface area contributed by atoms with E-state index in [1.807, 2.05) is 43.0 Å². The Morgan fingerprint density at radius 2 is 1.76 bits per heavy atom. The predicted molar refractivity (Wildman–Crippen MR) is 104 cm³/mol. The van der Waals surface area contributed by atoms with Crippen LogP contribution in [-0.4, -0.2) is 27.2 Å². The van der Waals surface area contributed by atoms with Crippen molar-refractivity contribution in [3.8, 4) is 0 Å². The summed E-state index contributed by atoms with van der Waals surface area (Å²) < 4.78 is 0. The maximum absolute atomic E-state index is 13.0. The molecule has 1 aliphatic heterocycles. The Morgan fingerprint density at radius 1 is 1.12 bits per heavy atom. The van der Waals surface area contributed by atoms with Crippen molar-refractivity contribution in [1.82, 2.24) is 9.97 Å². The van der Waals surface area contributed by atoms with E-state index in [1.54, 1.807) is 0 Å². The lowest BCUT2D eigenvalue weighted by Crippen LogP contribution is -2.49. The van der Waals surface area contributed by atoms with Gasteiger partial charge < -0.3 is 4.90 Å². The van der Waals surface area contributed by atoms with Gasteiger partial charge in [-0.1, -0.05) is 36.0 Å².